The number of hydrogen-bond donors (Lipinski definition) is 1. The molecule has 0 bridgehead atoms. The van der Waals surface area contributed by atoms with Gasteiger partial charge in [-0.25, -0.2) is 4.98 Å². The first kappa shape index (κ1) is 14.4. The molecule has 0 aliphatic heterocycles. The van der Waals surface area contributed by atoms with E-state index in [0.717, 1.165) is 11.0 Å². The van der Waals surface area contributed by atoms with Crippen molar-refractivity contribution in [3.05, 3.63) is 53.8 Å². The second-order valence-electron chi connectivity index (χ2n) is 4.74. The number of hydrogen-bond acceptors (Lipinski definition) is 3. The van der Waals surface area contributed by atoms with E-state index in [1.165, 1.54) is 0 Å². The lowest BCUT2D eigenvalue weighted by Gasteiger charge is -2.08. The van der Waals surface area contributed by atoms with E-state index >= 15 is 0 Å². The second-order valence-corrected chi connectivity index (χ2v) is 5.07. The Labute approximate surface area is 132 Å². The third-order valence-corrected chi connectivity index (χ3v) is 3.55. The van der Waals surface area contributed by atoms with Crippen LogP contribution in [-0.4, -0.2) is 22.6 Å². The zero-order valence-corrected chi connectivity index (χ0v) is 12.7. The molecule has 0 fully saturated rings. The second kappa shape index (κ2) is 6.07. The van der Waals surface area contributed by atoms with Crippen LogP contribution in [0.2, 0.25) is 5.28 Å². The minimum Gasteiger partial charge on any atom is -0.497 e. The number of methoxy groups -OCH3 is 1. The van der Waals surface area contributed by atoms with E-state index in [4.69, 9.17) is 16.3 Å². The molecule has 1 heterocycles. The number of para-hydroxylation sites is 2. The van der Waals surface area contributed by atoms with Gasteiger partial charge in [0.1, 0.15) is 12.3 Å². The summed E-state index contributed by atoms with van der Waals surface area (Å²) in [6.45, 7) is 0.0938. The number of nitrogens with one attached hydrogen (secondary N) is 1. The molecule has 1 N–H and O–H groups in total. The van der Waals surface area contributed by atoms with Crippen LogP contribution < -0.4 is 10.1 Å². The molecule has 5 nitrogen and oxygen atoms in total. The number of benzene rings is 2. The minimum atomic E-state index is -0.182. The zero-order valence-electron chi connectivity index (χ0n) is 11.9. The van der Waals surface area contributed by atoms with Gasteiger partial charge in [0.05, 0.1) is 18.1 Å². The third kappa shape index (κ3) is 2.89. The molecular weight excluding hydrogens is 302 g/mol. The zero-order chi connectivity index (χ0) is 15.5. The van der Waals surface area contributed by atoms with Crippen molar-refractivity contribution in [3.8, 4) is 5.75 Å². The van der Waals surface area contributed by atoms with Crippen molar-refractivity contribution in [2.24, 2.45) is 0 Å². The Bertz CT molecular complexity index is 829. The Morgan fingerprint density at radius 2 is 2.09 bits per heavy atom. The molecule has 0 saturated heterocycles. The number of anilines is 1. The topological polar surface area (TPSA) is 56.1 Å². The first-order valence-corrected chi connectivity index (χ1v) is 7.10. The maximum absolute atomic E-state index is 12.2. The monoisotopic (exact) mass is 315 g/mol. The number of imidazole rings is 1. The lowest BCUT2D eigenvalue weighted by molar-refractivity contribution is -0.116. The van der Waals surface area contributed by atoms with Gasteiger partial charge in [-0.05, 0) is 35.9 Å². The summed E-state index contributed by atoms with van der Waals surface area (Å²) in [6, 6.07) is 14.7. The summed E-state index contributed by atoms with van der Waals surface area (Å²) in [5.41, 5.74) is 2.26. The van der Waals surface area contributed by atoms with E-state index in [-0.39, 0.29) is 12.5 Å². The van der Waals surface area contributed by atoms with Gasteiger partial charge in [-0.1, -0.05) is 18.2 Å². The summed E-state index contributed by atoms with van der Waals surface area (Å²) in [4.78, 5) is 16.4. The molecule has 0 aliphatic carbocycles. The fourth-order valence-corrected chi connectivity index (χ4v) is 2.48. The summed E-state index contributed by atoms with van der Waals surface area (Å²) >= 11 is 6.11. The van der Waals surface area contributed by atoms with Gasteiger partial charge in [0.25, 0.3) is 0 Å². The van der Waals surface area contributed by atoms with Crippen LogP contribution in [0.4, 0.5) is 5.69 Å². The number of nitrogens with zero attached hydrogens (tertiary/aromatic N) is 2. The Balaban J connectivity index is 1.79. The van der Waals surface area contributed by atoms with Gasteiger partial charge in [0, 0.05) is 11.8 Å². The van der Waals surface area contributed by atoms with Crippen molar-refractivity contribution in [2.45, 2.75) is 6.54 Å². The van der Waals surface area contributed by atoms with Crippen LogP contribution in [-0.2, 0) is 11.3 Å². The van der Waals surface area contributed by atoms with E-state index in [0.29, 0.717) is 16.7 Å². The molecule has 0 atom stereocenters. The quantitative estimate of drug-likeness (QED) is 0.803. The molecule has 0 radical (unpaired) electrons. The number of fused-ring (bicyclic) bond motifs is 1. The highest BCUT2D eigenvalue weighted by atomic mass is 35.5. The van der Waals surface area contributed by atoms with Crippen molar-refractivity contribution in [1.82, 2.24) is 9.55 Å². The number of aromatic nitrogens is 2. The van der Waals surface area contributed by atoms with Crippen molar-refractivity contribution in [2.75, 3.05) is 12.4 Å². The highest BCUT2D eigenvalue weighted by Gasteiger charge is 2.12. The normalized spacial score (nSPS) is 10.6. The fraction of sp³-hybridized carbons (Fsp3) is 0.125. The van der Waals surface area contributed by atoms with Crippen LogP contribution in [0.3, 0.4) is 0 Å². The van der Waals surface area contributed by atoms with E-state index < -0.39 is 0 Å². The molecule has 3 aromatic rings. The number of halogens is 1. The van der Waals surface area contributed by atoms with Crippen LogP contribution >= 0.6 is 11.6 Å². The molecule has 0 saturated carbocycles. The molecule has 2 aromatic carbocycles. The highest BCUT2D eigenvalue weighted by Crippen LogP contribution is 2.20. The average Bonchev–Trinajstić information content (AvgIpc) is 2.83. The minimum absolute atomic E-state index is 0.0938. The van der Waals surface area contributed by atoms with E-state index in [1.807, 2.05) is 36.4 Å². The Kier molecular flexibility index (Phi) is 3.98. The highest BCUT2D eigenvalue weighted by molar-refractivity contribution is 6.29. The molecule has 112 valence electrons. The number of ether oxygens (including phenoxy) is 1. The number of rotatable bonds is 4. The molecule has 1 amide bonds. The number of carbonyl (C=O) groups is 1. The van der Waals surface area contributed by atoms with Crippen molar-refractivity contribution < 1.29 is 9.53 Å². The van der Waals surface area contributed by atoms with E-state index in [1.54, 1.807) is 23.8 Å². The summed E-state index contributed by atoms with van der Waals surface area (Å²) in [5.74, 6) is 0.502. The molecule has 6 heteroatoms. The van der Waals surface area contributed by atoms with Crippen LogP contribution in [0.25, 0.3) is 11.0 Å². The maximum Gasteiger partial charge on any atom is 0.244 e. The predicted octanol–water partition coefficient (Wildman–Crippen LogP) is 3.34. The first-order chi connectivity index (χ1) is 10.7. The Hall–Kier alpha value is -2.53. The van der Waals surface area contributed by atoms with Crippen LogP contribution in [0.1, 0.15) is 0 Å². The molecular formula is C16H14ClN3O2. The van der Waals surface area contributed by atoms with Crippen LogP contribution in [0.15, 0.2) is 48.5 Å². The first-order valence-electron chi connectivity index (χ1n) is 6.72. The van der Waals surface area contributed by atoms with Crippen LogP contribution in [0.5, 0.6) is 5.75 Å². The van der Waals surface area contributed by atoms with Gasteiger partial charge >= 0.3 is 0 Å². The lowest BCUT2D eigenvalue weighted by Crippen LogP contribution is -2.18. The fourth-order valence-electron chi connectivity index (χ4n) is 2.24. The molecule has 3 rings (SSSR count). The Morgan fingerprint density at radius 1 is 1.27 bits per heavy atom. The van der Waals surface area contributed by atoms with Crippen LogP contribution in [0, 0.1) is 0 Å². The average molecular weight is 316 g/mol. The van der Waals surface area contributed by atoms with Gasteiger partial charge in [-0.3, -0.25) is 4.79 Å². The van der Waals surface area contributed by atoms with Gasteiger partial charge in [0.2, 0.25) is 11.2 Å². The van der Waals surface area contributed by atoms with Gasteiger partial charge in [0.15, 0.2) is 0 Å². The molecule has 1 aromatic heterocycles. The molecule has 0 spiro atoms. The lowest BCUT2D eigenvalue weighted by atomic mass is 10.3. The van der Waals surface area contributed by atoms with Crippen molar-refractivity contribution in [1.29, 1.82) is 0 Å². The number of amides is 1. The molecule has 0 unspecified atom stereocenters. The third-order valence-electron chi connectivity index (χ3n) is 3.26. The smallest absolute Gasteiger partial charge is 0.244 e. The molecule has 0 aliphatic rings. The van der Waals surface area contributed by atoms with E-state index in [9.17, 15) is 4.79 Å². The predicted molar refractivity (Wildman–Crippen MR) is 86.4 cm³/mol. The summed E-state index contributed by atoms with van der Waals surface area (Å²) in [6.07, 6.45) is 0. The van der Waals surface area contributed by atoms with E-state index in [2.05, 4.69) is 10.3 Å². The SMILES string of the molecule is COc1cccc(NC(=O)Cn2c(Cl)nc3ccccc32)c1. The van der Waals surface area contributed by atoms with Gasteiger partial charge in [-0.15, -0.1) is 0 Å². The maximum atomic E-state index is 12.2. The van der Waals surface area contributed by atoms with Crippen molar-refractivity contribution >= 4 is 34.2 Å². The summed E-state index contributed by atoms with van der Waals surface area (Å²) in [7, 11) is 1.58. The number of carbonyl (C=O) groups excluding carboxylic acids is 1. The molecule has 22 heavy (non-hydrogen) atoms. The van der Waals surface area contributed by atoms with Crippen molar-refractivity contribution in [3.63, 3.8) is 0 Å². The standard InChI is InChI=1S/C16H14ClN3O2/c1-22-12-6-4-5-11(9-12)18-15(21)10-20-14-8-3-2-7-13(14)19-16(20)17/h2-9H,10H2,1H3,(H,18,21). The Morgan fingerprint density at radius 3 is 2.91 bits per heavy atom. The van der Waals surface area contributed by atoms with Gasteiger partial charge < -0.3 is 14.6 Å². The summed E-state index contributed by atoms with van der Waals surface area (Å²) in [5, 5.41) is 3.11. The largest absolute Gasteiger partial charge is 0.497 e. The van der Waals surface area contributed by atoms with Gasteiger partial charge in [-0.2, -0.15) is 0 Å². The summed E-state index contributed by atoms with van der Waals surface area (Å²) < 4.78 is 6.80.